The summed E-state index contributed by atoms with van der Waals surface area (Å²) in [6, 6.07) is 20.6. The topological polar surface area (TPSA) is 77.0 Å². The van der Waals surface area contributed by atoms with Crippen molar-refractivity contribution in [3.05, 3.63) is 82.9 Å². The fourth-order valence-corrected chi connectivity index (χ4v) is 13.4. The highest BCUT2D eigenvalue weighted by atomic mass is 35.5. The van der Waals surface area contributed by atoms with Crippen LogP contribution < -0.4 is 20.0 Å². The van der Waals surface area contributed by atoms with Gasteiger partial charge in [0, 0.05) is 30.7 Å². The number of benzene rings is 2. The largest absolute Gasteiger partial charge is 0.472 e. The first-order valence-electron chi connectivity index (χ1n) is 18.0. The smallest absolute Gasteiger partial charge is 0.410 e. The Labute approximate surface area is 306 Å². The van der Waals surface area contributed by atoms with Crippen molar-refractivity contribution in [2.45, 2.75) is 110 Å². The molecule has 1 amide bonds. The van der Waals surface area contributed by atoms with Crippen LogP contribution in [0.5, 0.6) is 5.88 Å². The first-order chi connectivity index (χ1) is 24.1. The number of hydrogen-bond donors (Lipinski definition) is 0. The summed E-state index contributed by atoms with van der Waals surface area (Å²) < 4.78 is 35.9. The lowest BCUT2D eigenvalue weighted by molar-refractivity contribution is 0.000949. The van der Waals surface area contributed by atoms with Gasteiger partial charge in [0.15, 0.2) is 11.0 Å². The maximum Gasteiger partial charge on any atom is 0.410 e. The molecule has 2 aromatic carbocycles. The summed E-state index contributed by atoms with van der Waals surface area (Å²) in [5.41, 5.74) is 0.801. The molecule has 4 atom stereocenters. The van der Waals surface area contributed by atoms with Crippen LogP contribution in [0.1, 0.15) is 72.6 Å². The van der Waals surface area contributed by atoms with Crippen LogP contribution in [0, 0.1) is 12.7 Å². The van der Waals surface area contributed by atoms with E-state index in [4.69, 9.17) is 30.5 Å². The van der Waals surface area contributed by atoms with E-state index in [1.807, 2.05) is 51.7 Å². The highest BCUT2D eigenvalue weighted by Gasteiger charge is 2.54. The molecule has 0 unspecified atom stereocenters. The summed E-state index contributed by atoms with van der Waals surface area (Å²) in [7, 11) is -2.82. The van der Waals surface area contributed by atoms with Gasteiger partial charge in [0.2, 0.25) is 5.88 Å². The summed E-state index contributed by atoms with van der Waals surface area (Å²) in [6.07, 6.45) is 1.37. The van der Waals surface area contributed by atoms with Gasteiger partial charge in [-0.2, -0.15) is 4.98 Å². The normalized spacial score (nSPS) is 21.7. The molecule has 7 rings (SSSR count). The molecule has 51 heavy (non-hydrogen) atoms. The number of hydrogen-bond acceptors (Lipinski definition) is 7. The second-order valence-electron chi connectivity index (χ2n) is 16.2. The van der Waals surface area contributed by atoms with Gasteiger partial charge in [-0.3, -0.25) is 4.90 Å². The van der Waals surface area contributed by atoms with Crippen molar-refractivity contribution >= 4 is 53.0 Å². The number of carbonyl (C=O) groups excluding carboxylic acids is 1. The van der Waals surface area contributed by atoms with Crippen molar-refractivity contribution in [3.63, 3.8) is 0 Å². The molecular formula is C40H48ClFN4O4Si. The molecule has 0 radical (unpaired) electrons. The first kappa shape index (κ1) is 35.7. The molecule has 2 bridgehead atoms. The number of aromatic nitrogens is 2. The van der Waals surface area contributed by atoms with Gasteiger partial charge in [0.25, 0.3) is 8.32 Å². The quantitative estimate of drug-likeness (QED) is 0.150. The molecule has 3 aliphatic rings. The minimum absolute atomic E-state index is 0.0833. The fraction of sp³-hybridized carbons (Fsp3) is 0.475. The Morgan fingerprint density at radius 3 is 2.20 bits per heavy atom. The number of nitrogens with zero attached hydrogens (tertiary/aromatic N) is 4. The van der Waals surface area contributed by atoms with Crippen molar-refractivity contribution in [2.75, 3.05) is 18.1 Å². The van der Waals surface area contributed by atoms with E-state index in [1.165, 1.54) is 10.4 Å². The van der Waals surface area contributed by atoms with Crippen LogP contribution in [-0.2, 0) is 15.6 Å². The molecule has 2 fully saturated rings. The second-order valence-corrected chi connectivity index (χ2v) is 20.9. The Bertz CT molecular complexity index is 1910. The molecule has 0 saturated carbocycles. The highest BCUT2D eigenvalue weighted by molar-refractivity contribution is 6.99. The van der Waals surface area contributed by atoms with E-state index >= 15 is 4.39 Å². The fourth-order valence-electron chi connectivity index (χ4n) is 8.71. The summed E-state index contributed by atoms with van der Waals surface area (Å²) in [5, 5.41) is 2.84. The number of rotatable bonds is 6. The Balaban J connectivity index is 1.30. The molecule has 11 heteroatoms. The maximum absolute atomic E-state index is 16.2. The van der Waals surface area contributed by atoms with Crippen LogP contribution in [0.25, 0.3) is 10.8 Å². The second kappa shape index (κ2) is 13.0. The van der Waals surface area contributed by atoms with Gasteiger partial charge < -0.3 is 18.8 Å². The predicted octanol–water partition coefficient (Wildman–Crippen LogP) is 7.59. The lowest BCUT2D eigenvalue weighted by Gasteiger charge is -2.48. The highest BCUT2D eigenvalue weighted by Crippen LogP contribution is 2.47. The van der Waals surface area contributed by atoms with Crippen LogP contribution in [-0.4, -0.2) is 72.3 Å². The van der Waals surface area contributed by atoms with Crippen LogP contribution in [0.15, 0.2) is 60.7 Å². The molecule has 5 heterocycles. The maximum atomic E-state index is 16.2. The standard InChI is InChI=1S/C40H48ClFN4O4Si/c1-24-29(21-22-48-51(40(6,7)8,27-15-11-9-12-16-27)28-17-13-10-14-18-28)43-36-32-31(24)33(42)35(41)44-37(32)49-25(2)34-30-20-19-26(23-45(34)36)46(30)38(47)50-39(3,4)5/h9-18,25-26,30,34H,19-23H2,1-8H3/t25-,26+,30-,34+/m0/s1. The Kier molecular flexibility index (Phi) is 9.12. The zero-order valence-corrected chi connectivity index (χ0v) is 32.6. The van der Waals surface area contributed by atoms with Crippen molar-refractivity contribution in [1.29, 1.82) is 0 Å². The number of halogens is 2. The summed E-state index contributed by atoms with van der Waals surface area (Å²) in [4.78, 5) is 27.4. The monoisotopic (exact) mass is 730 g/mol. The number of anilines is 1. The molecule has 2 aromatic heterocycles. The number of piperazine rings is 1. The lowest BCUT2D eigenvalue weighted by atomic mass is 9.97. The molecule has 2 saturated heterocycles. The number of amides is 1. The van der Waals surface area contributed by atoms with Crippen LogP contribution >= 0.6 is 11.6 Å². The van der Waals surface area contributed by atoms with Gasteiger partial charge in [-0.25, -0.2) is 14.2 Å². The predicted molar refractivity (Wildman–Crippen MR) is 203 cm³/mol. The average Bonchev–Trinajstić information content (AvgIpc) is 3.32. The van der Waals surface area contributed by atoms with Gasteiger partial charge >= 0.3 is 6.09 Å². The number of aryl methyl sites for hydroxylation is 1. The van der Waals surface area contributed by atoms with Crippen LogP contribution in [0.2, 0.25) is 10.2 Å². The molecule has 8 nitrogen and oxygen atoms in total. The number of pyridine rings is 2. The van der Waals surface area contributed by atoms with Gasteiger partial charge in [-0.1, -0.05) is 93.0 Å². The summed E-state index contributed by atoms with van der Waals surface area (Å²) in [5.74, 6) is 0.290. The summed E-state index contributed by atoms with van der Waals surface area (Å²) in [6.45, 7) is 17.2. The molecule has 3 aliphatic heterocycles. The van der Waals surface area contributed by atoms with E-state index in [0.717, 1.165) is 18.5 Å². The third-order valence-corrected chi connectivity index (χ3v) is 16.1. The molecule has 0 N–H and O–H groups in total. The van der Waals surface area contributed by atoms with Gasteiger partial charge in [0.1, 0.15) is 17.5 Å². The van der Waals surface area contributed by atoms with Gasteiger partial charge in [-0.15, -0.1) is 0 Å². The average molecular weight is 731 g/mol. The first-order valence-corrected chi connectivity index (χ1v) is 20.3. The minimum Gasteiger partial charge on any atom is -0.472 e. The Hall–Kier alpha value is -3.73. The SMILES string of the molecule is Cc1c(CCO[Si](c2ccccc2)(c2ccccc2)C(C)(C)C)nc2c3c(nc(Cl)c(F)c13)O[C@@H](C)[C@@H]1[C@@H]3CC[C@H](CN21)N3C(=O)OC(C)(C)C. The lowest BCUT2D eigenvalue weighted by Crippen LogP contribution is -2.66. The van der Waals surface area contributed by atoms with E-state index < -0.39 is 25.8 Å². The third-order valence-electron chi connectivity index (χ3n) is 10.8. The Morgan fingerprint density at radius 1 is 0.980 bits per heavy atom. The summed E-state index contributed by atoms with van der Waals surface area (Å²) >= 11 is 6.48. The molecule has 270 valence electrons. The van der Waals surface area contributed by atoms with Gasteiger partial charge in [0.05, 0.1) is 23.5 Å². The number of carbonyl (C=O) groups is 1. The van der Waals surface area contributed by atoms with Crippen molar-refractivity contribution in [2.24, 2.45) is 0 Å². The van der Waals surface area contributed by atoms with E-state index in [0.29, 0.717) is 41.7 Å². The zero-order chi connectivity index (χ0) is 36.5. The van der Waals surface area contributed by atoms with Crippen LogP contribution in [0.3, 0.4) is 0 Å². The van der Waals surface area contributed by atoms with E-state index in [-0.39, 0.29) is 40.3 Å². The van der Waals surface area contributed by atoms with E-state index in [2.05, 4.69) is 79.2 Å². The van der Waals surface area contributed by atoms with E-state index in [1.54, 1.807) is 0 Å². The third kappa shape index (κ3) is 6.06. The van der Waals surface area contributed by atoms with Crippen LogP contribution in [0.4, 0.5) is 15.0 Å². The van der Waals surface area contributed by atoms with Gasteiger partial charge in [-0.05, 0) is 68.4 Å². The minimum atomic E-state index is -2.82. The van der Waals surface area contributed by atoms with Crippen molar-refractivity contribution in [3.8, 4) is 5.88 Å². The van der Waals surface area contributed by atoms with E-state index in [9.17, 15) is 4.79 Å². The van der Waals surface area contributed by atoms with Crippen molar-refractivity contribution < 1.29 is 23.1 Å². The molecular weight excluding hydrogens is 683 g/mol. The molecule has 0 spiro atoms. The van der Waals surface area contributed by atoms with Crippen molar-refractivity contribution in [1.82, 2.24) is 14.9 Å². The number of ether oxygens (including phenoxy) is 2. The zero-order valence-electron chi connectivity index (χ0n) is 30.8. The number of fused-ring (bicyclic) bond motifs is 5. The Morgan fingerprint density at radius 2 is 1.61 bits per heavy atom. The molecule has 4 aromatic rings. The molecule has 0 aliphatic carbocycles.